The number of halogens is 3. The fourth-order valence-electron chi connectivity index (χ4n) is 2.71. The third kappa shape index (κ3) is 3.66. The first-order valence-corrected chi connectivity index (χ1v) is 7.25. The third-order valence-electron chi connectivity index (χ3n) is 3.73. The molecular weight excluding hydrogens is 331 g/mol. The number of alkyl halides is 3. The maximum Gasteiger partial charge on any atom is 0.434 e. The molecule has 3 rings (SSSR count). The Bertz CT molecular complexity index is 778. The minimum atomic E-state index is -4.38. The number of aromatic nitrogens is 4. The summed E-state index contributed by atoms with van der Waals surface area (Å²) >= 11 is 0. The first-order valence-electron chi connectivity index (χ1n) is 7.25. The van der Waals surface area contributed by atoms with E-state index in [-0.39, 0.29) is 24.0 Å². The fourth-order valence-corrected chi connectivity index (χ4v) is 2.71. The van der Waals surface area contributed by atoms with Crippen molar-refractivity contribution in [2.45, 2.75) is 31.5 Å². The number of hydrogen-bond donors (Lipinski definition) is 1. The van der Waals surface area contributed by atoms with Gasteiger partial charge in [-0.25, -0.2) is 14.9 Å². The molecule has 2 aromatic rings. The second-order valence-electron chi connectivity index (χ2n) is 5.59. The van der Waals surface area contributed by atoms with Crippen LogP contribution in [0.3, 0.4) is 0 Å². The van der Waals surface area contributed by atoms with Crippen molar-refractivity contribution in [3.05, 3.63) is 34.7 Å². The van der Waals surface area contributed by atoms with Gasteiger partial charge in [-0.3, -0.25) is 4.79 Å². The number of aromatic amines is 1. The van der Waals surface area contributed by atoms with Crippen LogP contribution < -0.4 is 5.76 Å². The lowest BCUT2D eigenvalue weighted by atomic mass is 9.98. The third-order valence-corrected chi connectivity index (χ3v) is 3.73. The molecule has 11 heteroatoms. The summed E-state index contributed by atoms with van der Waals surface area (Å²) in [6.07, 6.45) is -0.964. The minimum Gasteiger partial charge on any atom is -0.392 e. The monoisotopic (exact) mass is 345 g/mol. The van der Waals surface area contributed by atoms with Gasteiger partial charge in [0.05, 0.1) is 12.2 Å². The van der Waals surface area contributed by atoms with Crippen molar-refractivity contribution in [3.63, 3.8) is 0 Å². The maximum atomic E-state index is 12.4. The zero-order chi connectivity index (χ0) is 17.3. The van der Waals surface area contributed by atoms with Crippen LogP contribution >= 0.6 is 0 Å². The Labute approximate surface area is 133 Å². The maximum absolute atomic E-state index is 12.4. The Balaban J connectivity index is 1.69. The Morgan fingerprint density at radius 2 is 2.25 bits per heavy atom. The fraction of sp³-hybridized carbons (Fsp3) is 0.538. The van der Waals surface area contributed by atoms with Crippen LogP contribution in [0.25, 0.3) is 0 Å². The van der Waals surface area contributed by atoms with Crippen LogP contribution in [-0.4, -0.2) is 49.8 Å². The first-order chi connectivity index (χ1) is 11.3. The van der Waals surface area contributed by atoms with Gasteiger partial charge in [0.1, 0.15) is 12.2 Å². The largest absolute Gasteiger partial charge is 0.434 e. The quantitative estimate of drug-likeness (QED) is 0.900. The van der Waals surface area contributed by atoms with E-state index in [9.17, 15) is 22.8 Å². The van der Waals surface area contributed by atoms with Gasteiger partial charge in [-0.1, -0.05) is 0 Å². The summed E-state index contributed by atoms with van der Waals surface area (Å²) in [5.41, 5.74) is -0.0524. The Hall–Kier alpha value is -2.59. The molecule has 1 atom stereocenters. The Morgan fingerprint density at radius 3 is 2.92 bits per heavy atom. The highest BCUT2D eigenvalue weighted by atomic mass is 19.4. The van der Waals surface area contributed by atoms with Gasteiger partial charge in [-0.2, -0.15) is 13.2 Å². The Kier molecular flexibility index (Phi) is 4.16. The average molecular weight is 345 g/mol. The smallest absolute Gasteiger partial charge is 0.392 e. The number of carbonyl (C=O) groups excluding carboxylic acids is 1. The number of H-pyrrole nitrogens is 1. The first kappa shape index (κ1) is 16.3. The van der Waals surface area contributed by atoms with Crippen molar-refractivity contribution >= 4 is 5.91 Å². The standard InChI is InChI=1S/C13H14F3N5O3/c14-13(15,16)6-20-5-9(17-7-20)11(22)21-3-1-2-8(4-21)10-18-19-12(23)24-10/h5,7-8H,1-4,6H2,(H,19,23). The summed E-state index contributed by atoms with van der Waals surface area (Å²) in [6, 6.07) is 0. The molecule has 2 aromatic heterocycles. The van der Waals surface area contributed by atoms with E-state index < -0.39 is 24.4 Å². The molecule has 1 amide bonds. The molecule has 8 nitrogen and oxygen atoms in total. The number of amides is 1. The van der Waals surface area contributed by atoms with Crippen molar-refractivity contribution in [2.24, 2.45) is 0 Å². The van der Waals surface area contributed by atoms with Crippen molar-refractivity contribution < 1.29 is 22.4 Å². The van der Waals surface area contributed by atoms with Gasteiger partial charge in [0.25, 0.3) is 5.91 Å². The lowest BCUT2D eigenvalue weighted by molar-refractivity contribution is -0.140. The van der Waals surface area contributed by atoms with E-state index in [4.69, 9.17) is 4.42 Å². The van der Waals surface area contributed by atoms with Crippen LogP contribution in [-0.2, 0) is 6.54 Å². The molecule has 0 radical (unpaired) electrons. The highest BCUT2D eigenvalue weighted by molar-refractivity contribution is 5.92. The number of nitrogens with zero attached hydrogens (tertiary/aromatic N) is 4. The summed E-state index contributed by atoms with van der Waals surface area (Å²) in [7, 11) is 0. The SMILES string of the molecule is O=C(c1cn(CC(F)(F)F)cn1)N1CCCC(c2n[nH]c(=O)o2)C1. The number of piperidine rings is 1. The number of rotatable bonds is 3. The number of likely N-dealkylation sites (tertiary alicyclic amines) is 1. The highest BCUT2D eigenvalue weighted by Crippen LogP contribution is 2.25. The Morgan fingerprint density at radius 1 is 1.46 bits per heavy atom. The van der Waals surface area contributed by atoms with E-state index >= 15 is 0 Å². The van der Waals surface area contributed by atoms with E-state index in [0.717, 1.165) is 17.1 Å². The molecule has 0 saturated carbocycles. The van der Waals surface area contributed by atoms with E-state index in [1.165, 1.54) is 4.90 Å². The molecule has 1 aliphatic heterocycles. The van der Waals surface area contributed by atoms with Crippen molar-refractivity contribution in [3.8, 4) is 0 Å². The van der Waals surface area contributed by atoms with Crippen LogP contribution in [0, 0.1) is 0 Å². The van der Waals surface area contributed by atoms with E-state index in [1.807, 2.05) is 0 Å². The molecule has 1 unspecified atom stereocenters. The van der Waals surface area contributed by atoms with E-state index in [0.29, 0.717) is 19.4 Å². The molecule has 0 aliphatic carbocycles. The topological polar surface area (TPSA) is 97.0 Å². The van der Waals surface area contributed by atoms with Gasteiger partial charge < -0.3 is 13.9 Å². The lowest BCUT2D eigenvalue weighted by Gasteiger charge is -2.30. The van der Waals surface area contributed by atoms with Gasteiger partial charge in [-0.15, -0.1) is 5.10 Å². The second-order valence-corrected chi connectivity index (χ2v) is 5.59. The summed E-state index contributed by atoms with van der Waals surface area (Å²) in [4.78, 5) is 28.7. The van der Waals surface area contributed by atoms with Crippen molar-refractivity contribution in [1.82, 2.24) is 24.6 Å². The van der Waals surface area contributed by atoms with Crippen LogP contribution in [0.5, 0.6) is 0 Å². The minimum absolute atomic E-state index is 0.0524. The molecule has 130 valence electrons. The van der Waals surface area contributed by atoms with Crippen molar-refractivity contribution in [2.75, 3.05) is 13.1 Å². The number of nitrogens with one attached hydrogen (secondary N) is 1. The summed E-state index contributed by atoms with van der Waals surface area (Å²) in [5, 5.41) is 5.93. The van der Waals surface area contributed by atoms with Gasteiger partial charge in [0.2, 0.25) is 5.89 Å². The predicted octanol–water partition coefficient (Wildman–Crippen LogP) is 1.14. The number of imidazole rings is 1. The predicted molar refractivity (Wildman–Crippen MR) is 73.3 cm³/mol. The van der Waals surface area contributed by atoms with Crippen LogP contribution in [0.4, 0.5) is 13.2 Å². The van der Waals surface area contributed by atoms with E-state index in [1.54, 1.807) is 0 Å². The zero-order valence-corrected chi connectivity index (χ0v) is 12.4. The lowest BCUT2D eigenvalue weighted by Crippen LogP contribution is -2.39. The van der Waals surface area contributed by atoms with Crippen molar-refractivity contribution in [1.29, 1.82) is 0 Å². The van der Waals surface area contributed by atoms with Gasteiger partial charge in [0.15, 0.2) is 0 Å². The molecule has 3 heterocycles. The number of hydrogen-bond acceptors (Lipinski definition) is 5. The molecule has 0 aromatic carbocycles. The van der Waals surface area contributed by atoms with Gasteiger partial charge in [-0.05, 0) is 12.8 Å². The zero-order valence-electron chi connectivity index (χ0n) is 12.4. The number of carbonyl (C=O) groups is 1. The summed E-state index contributed by atoms with van der Waals surface area (Å²) in [6.45, 7) is -0.483. The molecule has 24 heavy (non-hydrogen) atoms. The molecule has 0 bridgehead atoms. The highest BCUT2D eigenvalue weighted by Gasteiger charge is 2.31. The van der Waals surface area contributed by atoms with Gasteiger partial charge in [0, 0.05) is 19.3 Å². The molecule has 0 spiro atoms. The molecular formula is C13H14F3N5O3. The summed E-state index contributed by atoms with van der Waals surface area (Å²) in [5.74, 6) is -1.14. The molecule has 1 fully saturated rings. The molecule has 1 aliphatic rings. The van der Waals surface area contributed by atoms with Crippen LogP contribution in [0.1, 0.15) is 35.1 Å². The molecule has 1 saturated heterocycles. The second kappa shape index (κ2) is 6.13. The molecule has 1 N–H and O–H groups in total. The van der Waals surface area contributed by atoms with Crippen LogP contribution in [0.15, 0.2) is 21.7 Å². The summed E-state index contributed by atoms with van der Waals surface area (Å²) < 4.78 is 42.8. The van der Waals surface area contributed by atoms with E-state index in [2.05, 4.69) is 15.2 Å². The van der Waals surface area contributed by atoms with Crippen LogP contribution in [0.2, 0.25) is 0 Å². The normalized spacial score (nSPS) is 18.8. The average Bonchev–Trinajstić information content (AvgIpc) is 3.14. The van der Waals surface area contributed by atoms with Gasteiger partial charge >= 0.3 is 11.9 Å².